The molecule has 4 heteroatoms. The Labute approximate surface area is 127 Å². The Morgan fingerprint density at radius 1 is 1.10 bits per heavy atom. The van der Waals surface area contributed by atoms with Gasteiger partial charge in [0.1, 0.15) is 0 Å². The number of carbonyl (C=O) groups is 1. The van der Waals surface area contributed by atoms with Crippen LogP contribution in [0.2, 0.25) is 0 Å². The van der Waals surface area contributed by atoms with Crippen molar-refractivity contribution in [1.82, 2.24) is 0 Å². The minimum absolute atomic E-state index is 0.159. The first kappa shape index (κ1) is 15.3. The molecule has 0 spiro atoms. The van der Waals surface area contributed by atoms with Crippen molar-refractivity contribution < 1.29 is 19.4 Å². The average molecular weight is 296 g/mol. The Balaban J connectivity index is 1.34. The third kappa shape index (κ3) is 3.59. The fourth-order valence-electron chi connectivity index (χ4n) is 5.01. The lowest BCUT2D eigenvalue weighted by Crippen LogP contribution is -2.52. The van der Waals surface area contributed by atoms with Crippen molar-refractivity contribution in [3.63, 3.8) is 0 Å². The molecular formula is C17H28O4. The molecule has 120 valence electrons. The van der Waals surface area contributed by atoms with Gasteiger partial charge in [-0.05, 0) is 62.7 Å². The van der Waals surface area contributed by atoms with Gasteiger partial charge in [-0.3, -0.25) is 4.79 Å². The second-order valence-corrected chi connectivity index (χ2v) is 7.59. The molecule has 4 nitrogen and oxygen atoms in total. The number of carboxylic acids is 1. The summed E-state index contributed by atoms with van der Waals surface area (Å²) in [5.74, 6) is 1.66. The van der Waals surface area contributed by atoms with E-state index in [1.54, 1.807) is 6.92 Å². The summed E-state index contributed by atoms with van der Waals surface area (Å²) in [6, 6.07) is 0. The molecular weight excluding hydrogens is 268 g/mol. The molecule has 1 atom stereocenters. The molecule has 0 aliphatic heterocycles. The van der Waals surface area contributed by atoms with Crippen LogP contribution in [-0.2, 0) is 14.3 Å². The molecule has 4 aliphatic carbocycles. The molecule has 4 rings (SSSR count). The zero-order valence-corrected chi connectivity index (χ0v) is 13.1. The first-order valence-corrected chi connectivity index (χ1v) is 8.51. The van der Waals surface area contributed by atoms with Crippen molar-refractivity contribution in [2.24, 2.45) is 23.7 Å². The van der Waals surface area contributed by atoms with Crippen LogP contribution in [-0.4, -0.2) is 36.5 Å². The zero-order valence-electron chi connectivity index (χ0n) is 13.1. The Morgan fingerprint density at radius 2 is 1.67 bits per heavy atom. The van der Waals surface area contributed by atoms with Crippen molar-refractivity contribution in [3.8, 4) is 0 Å². The zero-order chi connectivity index (χ0) is 14.9. The maximum absolute atomic E-state index is 10.7. The van der Waals surface area contributed by atoms with Gasteiger partial charge in [0.2, 0.25) is 0 Å². The predicted octanol–water partition coefficient (Wildman–Crippen LogP) is 3.10. The number of rotatable bonds is 8. The van der Waals surface area contributed by atoms with Gasteiger partial charge in [0.05, 0.1) is 24.7 Å². The topological polar surface area (TPSA) is 55.8 Å². The van der Waals surface area contributed by atoms with Crippen LogP contribution in [0.4, 0.5) is 0 Å². The number of hydrogen-bond acceptors (Lipinski definition) is 3. The van der Waals surface area contributed by atoms with Crippen molar-refractivity contribution in [2.75, 3.05) is 19.8 Å². The molecule has 0 heterocycles. The summed E-state index contributed by atoms with van der Waals surface area (Å²) in [7, 11) is 0. The Hall–Kier alpha value is -0.610. The molecule has 4 bridgehead atoms. The molecule has 0 aromatic carbocycles. The predicted molar refractivity (Wildman–Crippen MR) is 79.1 cm³/mol. The van der Waals surface area contributed by atoms with E-state index in [1.807, 2.05) is 0 Å². The standard InChI is InChI=1S/C17H28O4/c1-12(16(18)19)2-3-20-4-5-21-17-9-13-6-14(10-17)8-15(7-13)11-17/h12-15H,2-11H2,1H3,(H,18,19). The van der Waals surface area contributed by atoms with Gasteiger partial charge in [0.25, 0.3) is 0 Å². The van der Waals surface area contributed by atoms with Crippen LogP contribution in [0.1, 0.15) is 51.9 Å². The van der Waals surface area contributed by atoms with E-state index in [1.165, 1.54) is 38.5 Å². The molecule has 4 saturated carbocycles. The van der Waals surface area contributed by atoms with E-state index in [-0.39, 0.29) is 11.5 Å². The summed E-state index contributed by atoms with van der Waals surface area (Å²) in [4.78, 5) is 10.7. The van der Waals surface area contributed by atoms with Crippen molar-refractivity contribution in [3.05, 3.63) is 0 Å². The molecule has 0 aromatic heterocycles. The lowest BCUT2D eigenvalue weighted by molar-refractivity contribution is -0.169. The summed E-state index contributed by atoms with van der Waals surface area (Å²) in [6.45, 7) is 3.48. The second kappa shape index (κ2) is 6.25. The highest BCUT2D eigenvalue weighted by atomic mass is 16.5. The third-order valence-corrected chi connectivity index (χ3v) is 5.73. The first-order chi connectivity index (χ1) is 10.1. The molecule has 0 amide bonds. The number of ether oxygens (including phenoxy) is 2. The quantitative estimate of drug-likeness (QED) is 0.699. The smallest absolute Gasteiger partial charge is 0.306 e. The molecule has 4 fully saturated rings. The molecule has 1 unspecified atom stereocenters. The Bertz CT molecular complexity index is 344. The van der Waals surface area contributed by atoms with E-state index >= 15 is 0 Å². The second-order valence-electron chi connectivity index (χ2n) is 7.59. The van der Waals surface area contributed by atoms with Gasteiger partial charge >= 0.3 is 5.97 Å². The van der Waals surface area contributed by atoms with Gasteiger partial charge in [-0.15, -0.1) is 0 Å². The van der Waals surface area contributed by atoms with Crippen LogP contribution in [0.15, 0.2) is 0 Å². The van der Waals surface area contributed by atoms with E-state index < -0.39 is 5.97 Å². The average Bonchev–Trinajstić information content (AvgIpc) is 2.40. The van der Waals surface area contributed by atoms with Crippen LogP contribution in [0.3, 0.4) is 0 Å². The summed E-state index contributed by atoms with van der Waals surface area (Å²) in [6.07, 6.45) is 8.66. The number of hydrogen-bond donors (Lipinski definition) is 1. The maximum Gasteiger partial charge on any atom is 0.306 e. The van der Waals surface area contributed by atoms with E-state index in [2.05, 4.69) is 0 Å². The van der Waals surface area contributed by atoms with Crippen LogP contribution < -0.4 is 0 Å². The summed E-state index contributed by atoms with van der Waals surface area (Å²) in [5.41, 5.74) is 0.159. The maximum atomic E-state index is 10.7. The van der Waals surface area contributed by atoms with Crippen LogP contribution >= 0.6 is 0 Å². The molecule has 4 aliphatic rings. The number of carboxylic acid groups (broad SMARTS) is 1. The lowest BCUT2D eigenvalue weighted by Gasteiger charge is -2.56. The van der Waals surface area contributed by atoms with Crippen molar-refractivity contribution in [2.45, 2.75) is 57.5 Å². The van der Waals surface area contributed by atoms with Gasteiger partial charge in [-0.25, -0.2) is 0 Å². The first-order valence-electron chi connectivity index (χ1n) is 8.51. The van der Waals surface area contributed by atoms with Crippen molar-refractivity contribution >= 4 is 5.97 Å². The normalized spacial score (nSPS) is 38.6. The van der Waals surface area contributed by atoms with Crippen molar-refractivity contribution in [1.29, 1.82) is 0 Å². The lowest BCUT2D eigenvalue weighted by atomic mass is 9.54. The molecule has 1 N–H and O–H groups in total. The number of aliphatic carboxylic acids is 1. The monoisotopic (exact) mass is 296 g/mol. The van der Waals surface area contributed by atoms with Crippen LogP contribution in [0.5, 0.6) is 0 Å². The SMILES string of the molecule is CC(CCOCCOC12CC3CC(CC(C3)C1)C2)C(=O)O. The van der Waals surface area contributed by atoms with E-state index in [0.29, 0.717) is 26.2 Å². The fraction of sp³-hybridized carbons (Fsp3) is 0.941. The minimum atomic E-state index is -0.747. The highest BCUT2D eigenvalue weighted by Crippen LogP contribution is 2.57. The Kier molecular flexibility index (Phi) is 4.55. The molecule has 0 radical (unpaired) electrons. The summed E-state index contributed by atoms with van der Waals surface area (Å²) in [5, 5.41) is 8.80. The summed E-state index contributed by atoms with van der Waals surface area (Å²) >= 11 is 0. The van der Waals surface area contributed by atoms with Gasteiger partial charge in [0.15, 0.2) is 0 Å². The largest absolute Gasteiger partial charge is 0.481 e. The molecule has 21 heavy (non-hydrogen) atoms. The third-order valence-electron chi connectivity index (χ3n) is 5.73. The van der Waals surface area contributed by atoms with Gasteiger partial charge in [-0.2, -0.15) is 0 Å². The minimum Gasteiger partial charge on any atom is -0.481 e. The van der Waals surface area contributed by atoms with Crippen LogP contribution in [0.25, 0.3) is 0 Å². The highest BCUT2D eigenvalue weighted by molar-refractivity contribution is 5.69. The van der Waals surface area contributed by atoms with E-state index in [0.717, 1.165) is 17.8 Å². The van der Waals surface area contributed by atoms with Crippen LogP contribution in [0, 0.1) is 23.7 Å². The Morgan fingerprint density at radius 3 is 2.19 bits per heavy atom. The van der Waals surface area contributed by atoms with E-state index in [4.69, 9.17) is 14.6 Å². The van der Waals surface area contributed by atoms with Gasteiger partial charge < -0.3 is 14.6 Å². The fourth-order valence-corrected chi connectivity index (χ4v) is 5.01. The van der Waals surface area contributed by atoms with Gasteiger partial charge in [-0.1, -0.05) is 6.92 Å². The summed E-state index contributed by atoms with van der Waals surface area (Å²) < 4.78 is 11.8. The van der Waals surface area contributed by atoms with E-state index in [9.17, 15) is 4.79 Å². The highest BCUT2D eigenvalue weighted by Gasteiger charge is 2.51. The molecule has 0 aromatic rings. The molecule has 0 saturated heterocycles. The van der Waals surface area contributed by atoms with Gasteiger partial charge in [0, 0.05) is 6.61 Å².